The van der Waals surface area contributed by atoms with Crippen molar-refractivity contribution in [3.63, 3.8) is 0 Å². The van der Waals surface area contributed by atoms with Gasteiger partial charge in [-0.1, -0.05) is 0 Å². The number of aryl methyl sites for hydroxylation is 1. The minimum absolute atomic E-state index is 0.218. The fraction of sp³-hybridized carbons (Fsp3) is 0.500. The summed E-state index contributed by atoms with van der Waals surface area (Å²) in [5.74, 6) is 0. The first-order valence-electron chi connectivity index (χ1n) is 5.56. The smallest absolute Gasteiger partial charge is 0.0635 e. The van der Waals surface area contributed by atoms with Crippen LogP contribution in [0.2, 0.25) is 0 Å². The average Bonchev–Trinajstić information content (AvgIpc) is 2.71. The molecule has 1 fully saturated rings. The Balaban J connectivity index is 2.36. The number of benzene rings is 1. The number of nitrogens with two attached hydrogens (primary N) is 1. The highest BCUT2D eigenvalue weighted by Gasteiger charge is 2.25. The van der Waals surface area contributed by atoms with E-state index in [0.717, 1.165) is 40.8 Å². The maximum Gasteiger partial charge on any atom is 0.0635 e. The summed E-state index contributed by atoms with van der Waals surface area (Å²) in [6, 6.07) is 4.28. The first-order valence-corrected chi connectivity index (χ1v) is 6.36. The first kappa shape index (κ1) is 11.7. The molecule has 2 rings (SSSR count). The van der Waals surface area contributed by atoms with E-state index in [0.29, 0.717) is 0 Å². The van der Waals surface area contributed by atoms with Gasteiger partial charge in [-0.3, -0.25) is 0 Å². The van der Waals surface area contributed by atoms with Crippen LogP contribution in [0.25, 0.3) is 0 Å². The fourth-order valence-electron chi connectivity index (χ4n) is 2.24. The molecule has 1 aliphatic rings. The van der Waals surface area contributed by atoms with Gasteiger partial charge in [0.05, 0.1) is 18.3 Å². The third-order valence-electron chi connectivity index (χ3n) is 3.23. The van der Waals surface area contributed by atoms with Crippen molar-refractivity contribution in [1.29, 1.82) is 0 Å². The Morgan fingerprint density at radius 1 is 1.56 bits per heavy atom. The van der Waals surface area contributed by atoms with Crippen LogP contribution < -0.4 is 10.6 Å². The van der Waals surface area contributed by atoms with Crippen LogP contribution in [0, 0.1) is 6.92 Å². The minimum Gasteiger partial charge on any atom is -0.398 e. The zero-order chi connectivity index (χ0) is 11.7. The lowest BCUT2D eigenvalue weighted by molar-refractivity contribution is 0.266. The van der Waals surface area contributed by atoms with Crippen molar-refractivity contribution in [2.45, 2.75) is 25.8 Å². The van der Waals surface area contributed by atoms with Gasteiger partial charge in [-0.05, 0) is 53.4 Å². The second-order valence-corrected chi connectivity index (χ2v) is 5.19. The first-order chi connectivity index (χ1) is 7.63. The summed E-state index contributed by atoms with van der Waals surface area (Å²) in [5.41, 5.74) is 8.89. The Hall–Kier alpha value is -0.740. The molecule has 4 heteroatoms. The van der Waals surface area contributed by atoms with Crippen molar-refractivity contribution in [2.75, 3.05) is 23.8 Å². The molecule has 1 atom stereocenters. The number of halogens is 1. The Morgan fingerprint density at radius 2 is 2.31 bits per heavy atom. The van der Waals surface area contributed by atoms with Crippen LogP contribution in [-0.2, 0) is 0 Å². The number of nitrogen functional groups attached to an aromatic ring is 1. The Labute approximate surface area is 104 Å². The van der Waals surface area contributed by atoms with E-state index < -0.39 is 0 Å². The third-order valence-corrected chi connectivity index (χ3v) is 3.87. The van der Waals surface area contributed by atoms with Crippen LogP contribution in [0.15, 0.2) is 16.6 Å². The van der Waals surface area contributed by atoms with E-state index in [1.807, 2.05) is 13.0 Å². The van der Waals surface area contributed by atoms with Crippen molar-refractivity contribution >= 4 is 27.3 Å². The number of nitrogens with zero attached hydrogens (tertiary/aromatic N) is 1. The van der Waals surface area contributed by atoms with E-state index in [2.05, 4.69) is 26.9 Å². The summed E-state index contributed by atoms with van der Waals surface area (Å²) in [6.07, 6.45) is 2.20. The third kappa shape index (κ3) is 2.04. The quantitative estimate of drug-likeness (QED) is 0.820. The lowest BCUT2D eigenvalue weighted by Gasteiger charge is -2.27. The van der Waals surface area contributed by atoms with Gasteiger partial charge in [-0.25, -0.2) is 0 Å². The van der Waals surface area contributed by atoms with Crippen molar-refractivity contribution in [1.82, 2.24) is 0 Å². The maximum atomic E-state index is 9.33. The number of hydrogen-bond donors (Lipinski definition) is 2. The molecular weight excluding hydrogens is 268 g/mol. The normalized spacial score (nSPS) is 20.4. The fourth-order valence-corrected chi connectivity index (χ4v) is 2.83. The summed E-state index contributed by atoms with van der Waals surface area (Å²) in [4.78, 5) is 2.26. The molecule has 1 aliphatic heterocycles. The van der Waals surface area contributed by atoms with Crippen molar-refractivity contribution in [3.8, 4) is 0 Å². The molecule has 0 saturated carbocycles. The molecule has 0 bridgehead atoms. The van der Waals surface area contributed by atoms with Gasteiger partial charge in [0.2, 0.25) is 0 Å². The number of anilines is 2. The molecule has 88 valence electrons. The predicted molar refractivity (Wildman–Crippen MR) is 70.7 cm³/mol. The van der Waals surface area contributed by atoms with Crippen molar-refractivity contribution in [2.24, 2.45) is 0 Å². The van der Waals surface area contributed by atoms with Gasteiger partial charge in [0.15, 0.2) is 0 Å². The molecule has 0 amide bonds. The second-order valence-electron chi connectivity index (χ2n) is 4.33. The van der Waals surface area contributed by atoms with Gasteiger partial charge in [0.1, 0.15) is 0 Å². The highest BCUT2D eigenvalue weighted by atomic mass is 79.9. The molecule has 1 heterocycles. The molecule has 1 unspecified atom stereocenters. The Kier molecular flexibility index (Phi) is 3.40. The lowest BCUT2D eigenvalue weighted by atomic mass is 10.1. The second kappa shape index (κ2) is 4.63. The minimum atomic E-state index is 0.218. The predicted octanol–water partition coefficient (Wildman–Crippen LogP) is 2.30. The van der Waals surface area contributed by atoms with Crippen LogP contribution >= 0.6 is 15.9 Å². The van der Waals surface area contributed by atoms with Crippen molar-refractivity contribution < 1.29 is 5.11 Å². The molecule has 0 aromatic heterocycles. The van der Waals surface area contributed by atoms with E-state index in [9.17, 15) is 5.11 Å². The molecule has 0 aliphatic carbocycles. The maximum absolute atomic E-state index is 9.33. The number of aliphatic hydroxyl groups excluding tert-OH is 1. The van der Waals surface area contributed by atoms with E-state index >= 15 is 0 Å². The Bertz CT molecular complexity index is 395. The summed E-state index contributed by atoms with van der Waals surface area (Å²) in [7, 11) is 0. The molecule has 1 saturated heterocycles. The van der Waals surface area contributed by atoms with Crippen LogP contribution in [0.4, 0.5) is 11.4 Å². The highest BCUT2D eigenvalue weighted by Crippen LogP contribution is 2.34. The van der Waals surface area contributed by atoms with Gasteiger partial charge < -0.3 is 15.7 Å². The topological polar surface area (TPSA) is 49.5 Å². The van der Waals surface area contributed by atoms with Gasteiger partial charge in [0, 0.05) is 16.7 Å². The number of aliphatic hydroxyl groups is 1. The van der Waals surface area contributed by atoms with Gasteiger partial charge in [-0.2, -0.15) is 0 Å². The molecule has 1 aromatic rings. The zero-order valence-electron chi connectivity index (χ0n) is 9.41. The molecular formula is C12H17BrN2O. The molecule has 0 radical (unpaired) electrons. The van der Waals surface area contributed by atoms with Crippen LogP contribution in [0.5, 0.6) is 0 Å². The van der Waals surface area contributed by atoms with Gasteiger partial charge >= 0.3 is 0 Å². The Morgan fingerprint density at radius 3 is 3.00 bits per heavy atom. The summed E-state index contributed by atoms with van der Waals surface area (Å²) < 4.78 is 1.01. The van der Waals surface area contributed by atoms with Crippen LogP contribution in [0.1, 0.15) is 18.4 Å². The largest absolute Gasteiger partial charge is 0.398 e. The van der Waals surface area contributed by atoms with Crippen LogP contribution in [0.3, 0.4) is 0 Å². The summed E-state index contributed by atoms with van der Waals surface area (Å²) in [6.45, 7) is 3.23. The summed E-state index contributed by atoms with van der Waals surface area (Å²) in [5, 5.41) is 9.33. The van der Waals surface area contributed by atoms with E-state index in [-0.39, 0.29) is 12.6 Å². The molecule has 0 spiro atoms. The standard InChI is InChI=1S/C12H17BrN2O/c1-8-5-12(10(13)6-11(8)14)15-4-2-3-9(15)7-16/h5-6,9,16H,2-4,7,14H2,1H3. The van der Waals surface area contributed by atoms with Gasteiger partial charge in [0.25, 0.3) is 0 Å². The average molecular weight is 285 g/mol. The molecule has 3 N–H and O–H groups in total. The molecule has 1 aromatic carbocycles. The van der Waals surface area contributed by atoms with Crippen LogP contribution in [-0.4, -0.2) is 24.3 Å². The van der Waals surface area contributed by atoms with E-state index in [4.69, 9.17) is 5.73 Å². The summed E-state index contributed by atoms with van der Waals surface area (Å²) >= 11 is 3.54. The monoisotopic (exact) mass is 284 g/mol. The van der Waals surface area contributed by atoms with E-state index in [1.165, 1.54) is 0 Å². The highest BCUT2D eigenvalue weighted by molar-refractivity contribution is 9.10. The van der Waals surface area contributed by atoms with Crippen molar-refractivity contribution in [3.05, 3.63) is 22.2 Å². The SMILES string of the molecule is Cc1cc(N2CCCC2CO)c(Br)cc1N. The number of hydrogen-bond acceptors (Lipinski definition) is 3. The van der Waals surface area contributed by atoms with E-state index in [1.54, 1.807) is 0 Å². The molecule has 16 heavy (non-hydrogen) atoms. The van der Waals surface area contributed by atoms with Gasteiger partial charge in [-0.15, -0.1) is 0 Å². The molecule has 3 nitrogen and oxygen atoms in total. The lowest BCUT2D eigenvalue weighted by Crippen LogP contribution is -2.32. The number of rotatable bonds is 2. The zero-order valence-corrected chi connectivity index (χ0v) is 11.0.